The molecule has 0 bridgehead atoms. The van der Waals surface area contributed by atoms with Crippen LogP contribution in [-0.2, 0) is 11.3 Å². The molecular weight excluding hydrogens is 455 g/mol. The second-order valence-corrected chi connectivity index (χ2v) is 7.33. The molecule has 6 nitrogen and oxygen atoms in total. The van der Waals surface area contributed by atoms with Crippen LogP contribution in [-0.4, -0.2) is 21.0 Å². The summed E-state index contributed by atoms with van der Waals surface area (Å²) in [6.07, 6.45) is 1.67. The van der Waals surface area contributed by atoms with E-state index in [0.29, 0.717) is 10.5 Å². The van der Waals surface area contributed by atoms with Gasteiger partial charge in [0.1, 0.15) is 0 Å². The molecule has 1 aliphatic rings. The summed E-state index contributed by atoms with van der Waals surface area (Å²) in [6, 6.07) is 13.6. The number of amides is 2. The van der Waals surface area contributed by atoms with E-state index in [9.17, 15) is 19.7 Å². The first kappa shape index (κ1) is 17.6. The van der Waals surface area contributed by atoms with Gasteiger partial charge in [0, 0.05) is 15.2 Å². The van der Waals surface area contributed by atoms with Gasteiger partial charge in [-0.1, -0.05) is 36.4 Å². The molecule has 3 rings (SSSR count). The minimum Gasteiger partial charge on any atom is -0.268 e. The minimum atomic E-state index is -0.517. The molecule has 0 atom stereocenters. The lowest BCUT2D eigenvalue weighted by atomic mass is 10.1. The summed E-state index contributed by atoms with van der Waals surface area (Å²) >= 11 is 3.00. The van der Waals surface area contributed by atoms with Gasteiger partial charge in [-0.3, -0.25) is 24.6 Å². The van der Waals surface area contributed by atoms with Crippen LogP contribution < -0.4 is 0 Å². The number of benzene rings is 2. The first-order chi connectivity index (χ1) is 12.0. The van der Waals surface area contributed by atoms with E-state index in [1.165, 1.54) is 6.07 Å². The maximum Gasteiger partial charge on any atom is 0.293 e. The number of thioether (sulfide) groups is 1. The zero-order chi connectivity index (χ0) is 18.0. The molecular formula is C17H11IN2O4S. The summed E-state index contributed by atoms with van der Waals surface area (Å²) in [6.45, 7) is -0.120. The average Bonchev–Trinajstić information content (AvgIpc) is 2.85. The highest BCUT2D eigenvalue weighted by molar-refractivity contribution is 14.1. The molecule has 1 aliphatic heterocycles. The Bertz CT molecular complexity index is 913. The van der Waals surface area contributed by atoms with Crippen molar-refractivity contribution in [2.24, 2.45) is 0 Å². The van der Waals surface area contributed by atoms with Crippen molar-refractivity contribution in [3.8, 4) is 0 Å². The van der Waals surface area contributed by atoms with Crippen LogP contribution in [0.2, 0.25) is 0 Å². The molecule has 0 N–H and O–H groups in total. The molecule has 25 heavy (non-hydrogen) atoms. The summed E-state index contributed by atoms with van der Waals surface area (Å²) in [5.41, 5.74) is 1.06. The Balaban J connectivity index is 1.88. The Labute approximate surface area is 161 Å². The molecule has 0 aliphatic carbocycles. The number of carbonyl (C=O) groups is 2. The molecule has 2 amide bonds. The second kappa shape index (κ2) is 7.36. The Morgan fingerprint density at radius 1 is 1.12 bits per heavy atom. The van der Waals surface area contributed by atoms with Gasteiger partial charge >= 0.3 is 0 Å². The number of nitro benzene ring substituents is 1. The number of imide groups is 1. The molecule has 1 heterocycles. The van der Waals surface area contributed by atoms with Crippen molar-refractivity contribution < 1.29 is 14.5 Å². The fourth-order valence-electron chi connectivity index (χ4n) is 2.36. The molecule has 126 valence electrons. The molecule has 0 saturated carbocycles. The maximum absolute atomic E-state index is 12.6. The zero-order valence-electron chi connectivity index (χ0n) is 12.7. The number of nitro groups is 1. The van der Waals surface area contributed by atoms with Gasteiger partial charge in [-0.25, -0.2) is 0 Å². The van der Waals surface area contributed by atoms with Crippen molar-refractivity contribution in [3.05, 3.63) is 78.2 Å². The second-order valence-electron chi connectivity index (χ2n) is 5.18. The topological polar surface area (TPSA) is 80.5 Å². The van der Waals surface area contributed by atoms with Crippen LogP contribution >= 0.6 is 34.4 Å². The molecule has 8 heteroatoms. The molecule has 2 aromatic carbocycles. The van der Waals surface area contributed by atoms with Gasteiger partial charge in [-0.2, -0.15) is 0 Å². The lowest BCUT2D eigenvalue weighted by Gasteiger charge is -2.12. The van der Waals surface area contributed by atoms with Crippen molar-refractivity contribution in [2.75, 3.05) is 0 Å². The molecule has 0 radical (unpaired) electrons. The Morgan fingerprint density at radius 2 is 1.80 bits per heavy atom. The lowest BCUT2D eigenvalue weighted by Crippen LogP contribution is -2.27. The predicted octanol–water partition coefficient (Wildman–Crippen LogP) is 4.44. The molecule has 1 saturated heterocycles. The monoisotopic (exact) mass is 466 g/mol. The van der Waals surface area contributed by atoms with Crippen molar-refractivity contribution in [1.29, 1.82) is 0 Å². The predicted molar refractivity (Wildman–Crippen MR) is 104 cm³/mol. The van der Waals surface area contributed by atoms with Crippen LogP contribution in [0.25, 0.3) is 6.08 Å². The molecule has 1 fully saturated rings. The largest absolute Gasteiger partial charge is 0.293 e. The summed E-state index contributed by atoms with van der Waals surface area (Å²) in [7, 11) is 0. The van der Waals surface area contributed by atoms with Gasteiger partial charge in [0.25, 0.3) is 16.8 Å². The van der Waals surface area contributed by atoms with Crippen molar-refractivity contribution >= 4 is 57.3 Å². The van der Waals surface area contributed by atoms with E-state index in [1.54, 1.807) is 24.3 Å². The van der Waals surface area contributed by atoms with E-state index < -0.39 is 16.1 Å². The first-order valence-electron chi connectivity index (χ1n) is 7.19. The number of para-hydroxylation sites is 1. The third kappa shape index (κ3) is 3.74. The maximum atomic E-state index is 12.6. The molecule has 0 spiro atoms. The van der Waals surface area contributed by atoms with Gasteiger partial charge in [0.05, 0.1) is 16.4 Å². The van der Waals surface area contributed by atoms with E-state index in [4.69, 9.17) is 0 Å². The number of halogens is 1. The van der Waals surface area contributed by atoms with Gasteiger partial charge in [0.2, 0.25) is 0 Å². The van der Waals surface area contributed by atoms with E-state index in [2.05, 4.69) is 22.6 Å². The Morgan fingerprint density at radius 3 is 2.52 bits per heavy atom. The highest BCUT2D eigenvalue weighted by Gasteiger charge is 2.36. The number of hydrogen-bond donors (Lipinski definition) is 0. The standard InChI is InChI=1S/C17H11IN2O4S/c18-13-7-3-1-5-11(13)9-15-16(21)19(17(22)25-15)10-12-6-2-4-8-14(12)20(23)24/h1-9H,10H2/b15-9-. The molecule has 2 aromatic rings. The normalized spacial score (nSPS) is 15.9. The summed E-state index contributed by atoms with van der Waals surface area (Å²) < 4.78 is 0.964. The van der Waals surface area contributed by atoms with Crippen LogP contribution in [0.3, 0.4) is 0 Å². The SMILES string of the molecule is O=C1S/C(=C\c2ccccc2I)C(=O)N1Cc1ccccc1[N+](=O)[O-]. The molecule has 0 unspecified atom stereocenters. The Hall–Kier alpha value is -2.20. The quantitative estimate of drug-likeness (QED) is 0.288. The smallest absolute Gasteiger partial charge is 0.268 e. The third-order valence-electron chi connectivity index (χ3n) is 3.58. The van der Waals surface area contributed by atoms with E-state index in [1.807, 2.05) is 24.3 Å². The summed E-state index contributed by atoms with van der Waals surface area (Å²) in [5, 5.41) is 10.7. The number of carbonyl (C=O) groups excluding carboxylic acids is 2. The Kier molecular flexibility index (Phi) is 5.19. The third-order valence-corrected chi connectivity index (χ3v) is 5.47. The van der Waals surface area contributed by atoms with Crippen LogP contribution in [0.5, 0.6) is 0 Å². The van der Waals surface area contributed by atoms with Crippen LogP contribution in [0, 0.1) is 13.7 Å². The number of rotatable bonds is 4. The van der Waals surface area contributed by atoms with Crippen LogP contribution in [0.1, 0.15) is 11.1 Å². The highest BCUT2D eigenvalue weighted by atomic mass is 127. The first-order valence-corrected chi connectivity index (χ1v) is 9.09. The van der Waals surface area contributed by atoms with Gasteiger partial charge in [-0.05, 0) is 52.1 Å². The molecule has 0 aromatic heterocycles. The fourth-order valence-corrected chi connectivity index (χ4v) is 3.73. The highest BCUT2D eigenvalue weighted by Crippen LogP contribution is 2.34. The van der Waals surface area contributed by atoms with Crippen LogP contribution in [0.15, 0.2) is 53.4 Å². The lowest BCUT2D eigenvalue weighted by molar-refractivity contribution is -0.385. The van der Waals surface area contributed by atoms with Crippen molar-refractivity contribution in [3.63, 3.8) is 0 Å². The summed E-state index contributed by atoms with van der Waals surface area (Å²) in [5.74, 6) is -0.437. The zero-order valence-corrected chi connectivity index (χ0v) is 15.7. The average molecular weight is 466 g/mol. The van der Waals surface area contributed by atoms with Crippen molar-refractivity contribution in [1.82, 2.24) is 4.90 Å². The van der Waals surface area contributed by atoms with Crippen molar-refractivity contribution in [2.45, 2.75) is 6.54 Å². The number of hydrogen-bond acceptors (Lipinski definition) is 5. The minimum absolute atomic E-state index is 0.108. The van der Waals surface area contributed by atoms with E-state index in [0.717, 1.165) is 25.8 Å². The summed E-state index contributed by atoms with van der Waals surface area (Å²) in [4.78, 5) is 36.7. The van der Waals surface area contributed by atoms with Crippen LogP contribution in [0.4, 0.5) is 10.5 Å². The van der Waals surface area contributed by atoms with Gasteiger partial charge in [-0.15, -0.1) is 0 Å². The van der Waals surface area contributed by atoms with Gasteiger partial charge < -0.3 is 0 Å². The van der Waals surface area contributed by atoms with E-state index in [-0.39, 0.29) is 12.2 Å². The van der Waals surface area contributed by atoms with E-state index >= 15 is 0 Å². The number of nitrogens with zero attached hydrogens (tertiary/aromatic N) is 2. The van der Waals surface area contributed by atoms with Gasteiger partial charge in [0.15, 0.2) is 0 Å². The fraction of sp³-hybridized carbons (Fsp3) is 0.0588.